The Morgan fingerprint density at radius 2 is 0.736 bits per heavy atom. The zero-order valence-electron chi connectivity index (χ0n) is 45.8. The summed E-state index contributed by atoms with van der Waals surface area (Å²) in [7, 11) is -8.23. The van der Waals surface area contributed by atoms with Gasteiger partial charge in [0.1, 0.15) is 9.79 Å². The Hall–Kier alpha value is -11.3. The molecule has 0 radical (unpaired) electrons. The lowest BCUT2D eigenvalue weighted by Crippen LogP contribution is -2.33. The fourth-order valence-corrected chi connectivity index (χ4v) is 15.6. The van der Waals surface area contributed by atoms with Gasteiger partial charge in [0.15, 0.2) is 17.5 Å². The molecule has 2 aliphatic rings. The molecule has 16 heteroatoms. The van der Waals surface area contributed by atoms with Crippen LogP contribution in [0.2, 0.25) is 0 Å². The van der Waals surface area contributed by atoms with Gasteiger partial charge in [0.2, 0.25) is 11.9 Å². The Labute approximate surface area is 498 Å². The molecule has 6 heterocycles. The number of hydrogen-bond donors (Lipinski definition) is 0. The highest BCUT2D eigenvalue weighted by Crippen LogP contribution is 2.46. The SMILES string of the molecule is O=S1(=O)c2ccccc2-n2c(nc3ccccc32)N1c1cccc(-c2nc(-c3ccccc3)nc(-c3cccc(-c4ccc(-n5c6ccccc6c6cc(-c7ccc8c(c7)S(=O)(=O)N(c7ccccc7)c7nc9ccccc9n7-8)ccc65)cc4)c3)n2)c1. The van der Waals surface area contributed by atoms with E-state index in [2.05, 4.69) is 71.3 Å². The number of para-hydroxylation sites is 7. The molecule has 0 unspecified atom stereocenters. The summed E-state index contributed by atoms with van der Waals surface area (Å²) < 4.78 is 67.9. The monoisotopic (exact) mass is 1160 g/mol. The molecule has 0 bridgehead atoms. The van der Waals surface area contributed by atoms with Crippen molar-refractivity contribution in [2.75, 3.05) is 8.61 Å². The molecule has 0 amide bonds. The maximum Gasteiger partial charge on any atom is 0.273 e. The molecule has 87 heavy (non-hydrogen) atoms. The fourth-order valence-electron chi connectivity index (χ4n) is 12.4. The average molecular weight is 1170 g/mol. The number of sulfonamides is 2. The van der Waals surface area contributed by atoms with Crippen molar-refractivity contribution in [1.82, 2.24) is 38.6 Å². The van der Waals surface area contributed by atoms with Gasteiger partial charge in [0.05, 0.1) is 55.8 Å². The van der Waals surface area contributed by atoms with Crippen LogP contribution in [0.4, 0.5) is 23.3 Å². The van der Waals surface area contributed by atoms with Crippen molar-refractivity contribution >= 4 is 87.2 Å². The fraction of sp³-hybridized carbons (Fsp3) is 0. The smallest absolute Gasteiger partial charge is 0.273 e. The third kappa shape index (κ3) is 7.81. The van der Waals surface area contributed by atoms with Gasteiger partial charge in [0.25, 0.3) is 20.0 Å². The van der Waals surface area contributed by atoms with Crippen molar-refractivity contribution in [2.45, 2.75) is 9.79 Å². The molecular weight excluding hydrogens is 1120 g/mol. The summed E-state index contributed by atoms with van der Waals surface area (Å²) in [6.45, 7) is 0. The van der Waals surface area contributed by atoms with E-state index in [1.807, 2.05) is 161 Å². The van der Waals surface area contributed by atoms with Crippen LogP contribution in [0.25, 0.3) is 117 Å². The van der Waals surface area contributed by atoms with Crippen LogP contribution in [0.5, 0.6) is 0 Å². The molecule has 0 saturated carbocycles. The normalized spacial score (nSPS) is 13.8. The standard InChI is InChI=1S/C71H44N10O4S2/c82-86(83)65-32-14-13-31-63(65)78-61-29-11-8-26-57(61)73-71(78)81(86)54-24-16-21-51(42-54)69-75-67(46-17-3-1-4-18-46)74-68(76-69)50-20-15-19-47(41-50)45-33-37-52(38-34-45)77-59-28-10-7-25-55(59)56-43-48(35-39-60(56)77)49-36-40-64-66(44-49)87(84,85)80(53-22-5-2-6-23-53)70-72-58-27-9-12-30-62(58)79(64)70/h1-44H. The number of anilines is 4. The number of nitrogens with zero attached hydrogens (tertiary/aromatic N) is 10. The van der Waals surface area contributed by atoms with E-state index in [0.29, 0.717) is 62.8 Å². The van der Waals surface area contributed by atoms with Gasteiger partial charge in [0, 0.05) is 33.2 Å². The summed E-state index contributed by atoms with van der Waals surface area (Å²) in [5, 5.41) is 2.08. The van der Waals surface area contributed by atoms with Crippen molar-refractivity contribution in [3.63, 3.8) is 0 Å². The van der Waals surface area contributed by atoms with E-state index in [1.165, 1.54) is 8.61 Å². The molecule has 0 fully saturated rings. The summed E-state index contributed by atoms with van der Waals surface area (Å²) in [5.74, 6) is 1.85. The Morgan fingerprint density at radius 1 is 0.264 bits per heavy atom. The average Bonchev–Trinajstić information content (AvgIpc) is 1.76. The molecule has 0 aliphatic carbocycles. The van der Waals surface area contributed by atoms with E-state index >= 15 is 0 Å². The first-order valence-corrected chi connectivity index (χ1v) is 31.0. The van der Waals surface area contributed by atoms with Crippen molar-refractivity contribution < 1.29 is 16.8 Å². The van der Waals surface area contributed by atoms with Gasteiger partial charge >= 0.3 is 0 Å². The number of rotatable bonds is 8. The van der Waals surface area contributed by atoms with E-state index in [9.17, 15) is 16.8 Å². The molecule has 0 saturated heterocycles. The van der Waals surface area contributed by atoms with Gasteiger partial charge in [-0.2, -0.15) is 0 Å². The summed E-state index contributed by atoms with van der Waals surface area (Å²) in [4.78, 5) is 25.3. The maximum absolute atomic E-state index is 14.9. The molecular formula is C71H44N10O4S2. The summed E-state index contributed by atoms with van der Waals surface area (Å²) >= 11 is 0. The first kappa shape index (κ1) is 50.2. The highest BCUT2D eigenvalue weighted by Gasteiger charge is 2.41. The molecule has 4 aromatic heterocycles. The molecule has 0 N–H and O–H groups in total. The van der Waals surface area contributed by atoms with Crippen LogP contribution in [0.3, 0.4) is 0 Å². The summed E-state index contributed by atoms with van der Waals surface area (Å²) in [5.41, 5.74) is 13.6. The van der Waals surface area contributed by atoms with E-state index in [1.54, 1.807) is 48.5 Å². The Morgan fingerprint density at radius 3 is 1.45 bits per heavy atom. The number of hydrogen-bond acceptors (Lipinski definition) is 9. The molecule has 414 valence electrons. The number of aromatic nitrogens is 8. The highest BCUT2D eigenvalue weighted by molar-refractivity contribution is 7.93. The van der Waals surface area contributed by atoms with Crippen molar-refractivity contribution in [1.29, 1.82) is 0 Å². The minimum absolute atomic E-state index is 0.169. The molecule has 14 nitrogen and oxygen atoms in total. The van der Waals surface area contributed by atoms with Gasteiger partial charge in [-0.1, -0.05) is 158 Å². The number of fused-ring (bicyclic) bond motifs is 13. The van der Waals surface area contributed by atoms with E-state index in [0.717, 1.165) is 71.9 Å². The molecule has 17 rings (SSSR count). The van der Waals surface area contributed by atoms with Crippen LogP contribution < -0.4 is 8.61 Å². The summed E-state index contributed by atoms with van der Waals surface area (Å²) in [6.07, 6.45) is 0. The minimum Gasteiger partial charge on any atom is -0.309 e. The second kappa shape index (κ2) is 19.1. The Bertz CT molecular complexity index is 5590. The van der Waals surface area contributed by atoms with E-state index in [-0.39, 0.29) is 15.7 Å². The maximum atomic E-state index is 14.9. The molecule has 15 aromatic rings. The van der Waals surface area contributed by atoms with Crippen LogP contribution >= 0.6 is 0 Å². The molecule has 0 atom stereocenters. The van der Waals surface area contributed by atoms with Gasteiger partial charge in [-0.05, 0) is 131 Å². The second-order valence-electron chi connectivity index (χ2n) is 21.4. The van der Waals surface area contributed by atoms with Crippen LogP contribution in [-0.4, -0.2) is 55.5 Å². The van der Waals surface area contributed by atoms with E-state index in [4.69, 9.17) is 24.9 Å². The van der Waals surface area contributed by atoms with Crippen LogP contribution in [0.1, 0.15) is 0 Å². The Kier molecular flexibility index (Phi) is 11.0. The lowest BCUT2D eigenvalue weighted by molar-refractivity contribution is 0.590. The third-order valence-electron chi connectivity index (χ3n) is 16.4. The van der Waals surface area contributed by atoms with E-state index < -0.39 is 20.0 Å². The molecule has 11 aromatic carbocycles. The van der Waals surface area contributed by atoms with Crippen LogP contribution in [-0.2, 0) is 20.0 Å². The second-order valence-corrected chi connectivity index (χ2v) is 24.9. The van der Waals surface area contributed by atoms with Crippen LogP contribution in [0.15, 0.2) is 277 Å². The van der Waals surface area contributed by atoms with Crippen molar-refractivity contribution in [3.05, 3.63) is 267 Å². The van der Waals surface area contributed by atoms with Gasteiger partial charge in [-0.25, -0.2) is 50.4 Å². The Balaban J connectivity index is 0.718. The minimum atomic E-state index is -4.12. The number of benzene rings is 11. The van der Waals surface area contributed by atoms with Gasteiger partial charge in [-0.3, -0.25) is 9.13 Å². The first-order valence-electron chi connectivity index (χ1n) is 28.2. The molecule has 0 spiro atoms. The quantitative estimate of drug-likeness (QED) is 0.145. The van der Waals surface area contributed by atoms with Crippen molar-refractivity contribution in [3.8, 4) is 73.5 Å². The lowest BCUT2D eigenvalue weighted by atomic mass is 10.0. The number of imidazole rings is 2. The largest absolute Gasteiger partial charge is 0.309 e. The highest BCUT2D eigenvalue weighted by atomic mass is 32.2. The first-order chi connectivity index (χ1) is 42.6. The van der Waals surface area contributed by atoms with Crippen molar-refractivity contribution in [2.24, 2.45) is 0 Å². The lowest BCUT2D eigenvalue weighted by Gasteiger charge is -2.30. The third-order valence-corrected chi connectivity index (χ3v) is 19.9. The predicted molar refractivity (Wildman–Crippen MR) is 342 cm³/mol. The van der Waals surface area contributed by atoms with Crippen LogP contribution in [0, 0.1) is 0 Å². The zero-order chi connectivity index (χ0) is 58.1. The summed E-state index contributed by atoms with van der Waals surface area (Å²) in [6, 6.07) is 85.3. The molecule has 2 aliphatic heterocycles. The zero-order valence-corrected chi connectivity index (χ0v) is 47.5. The van der Waals surface area contributed by atoms with Gasteiger partial charge < -0.3 is 4.57 Å². The topological polar surface area (TPSA) is 154 Å². The predicted octanol–water partition coefficient (Wildman–Crippen LogP) is 15.7. The van der Waals surface area contributed by atoms with Gasteiger partial charge in [-0.15, -0.1) is 0 Å².